The van der Waals surface area contributed by atoms with Gasteiger partial charge in [-0.2, -0.15) is 0 Å². The first-order valence-corrected chi connectivity index (χ1v) is 11.2. The van der Waals surface area contributed by atoms with Gasteiger partial charge in [-0.1, -0.05) is 23.5 Å². The van der Waals surface area contributed by atoms with Crippen molar-refractivity contribution in [3.05, 3.63) is 53.8 Å². The number of amides is 1. The molecule has 0 unspecified atom stereocenters. The summed E-state index contributed by atoms with van der Waals surface area (Å²) in [6.07, 6.45) is 1.05. The van der Waals surface area contributed by atoms with Crippen molar-refractivity contribution in [2.24, 2.45) is 0 Å². The zero-order valence-corrected chi connectivity index (χ0v) is 19.6. The molecule has 1 amide bonds. The molecule has 3 aromatic rings. The first kappa shape index (κ1) is 24.4. The molecule has 1 saturated heterocycles. The molecule has 0 atom stereocenters. The number of rotatable bonds is 8. The van der Waals surface area contributed by atoms with Crippen LogP contribution in [0.2, 0.25) is 0 Å². The Morgan fingerprint density at radius 3 is 2.69 bits per heavy atom. The van der Waals surface area contributed by atoms with E-state index in [2.05, 4.69) is 4.90 Å². The van der Waals surface area contributed by atoms with Gasteiger partial charge in [0.05, 0.1) is 37.0 Å². The first-order valence-electron chi connectivity index (χ1n) is 10.4. The van der Waals surface area contributed by atoms with Gasteiger partial charge in [-0.25, -0.2) is 9.37 Å². The number of thiazole rings is 1. The summed E-state index contributed by atoms with van der Waals surface area (Å²) in [5, 5.41) is 0.678. The quantitative estimate of drug-likeness (QED) is 0.485. The maximum atomic E-state index is 13.2. The number of ether oxygens (including phenoxy) is 2. The highest BCUT2D eigenvalue weighted by atomic mass is 35.5. The molecule has 0 N–H and O–H groups in total. The Bertz CT molecular complexity index is 1030. The second-order valence-electron chi connectivity index (χ2n) is 7.49. The van der Waals surface area contributed by atoms with E-state index in [1.807, 2.05) is 18.2 Å². The zero-order valence-electron chi connectivity index (χ0n) is 18.0. The van der Waals surface area contributed by atoms with Crippen molar-refractivity contribution in [1.82, 2.24) is 9.88 Å². The van der Waals surface area contributed by atoms with Crippen LogP contribution in [0.15, 0.2) is 42.5 Å². The fourth-order valence-electron chi connectivity index (χ4n) is 3.61. The van der Waals surface area contributed by atoms with E-state index in [0.29, 0.717) is 11.7 Å². The molecule has 4 rings (SSSR count). The van der Waals surface area contributed by atoms with Crippen LogP contribution in [0.1, 0.15) is 12.0 Å². The number of nitrogens with zero attached hydrogens (tertiary/aromatic N) is 3. The Morgan fingerprint density at radius 2 is 1.97 bits per heavy atom. The number of hydrogen-bond donors (Lipinski definition) is 0. The molecule has 0 bridgehead atoms. The predicted molar refractivity (Wildman–Crippen MR) is 128 cm³/mol. The second-order valence-corrected chi connectivity index (χ2v) is 8.50. The van der Waals surface area contributed by atoms with Crippen molar-refractivity contribution >= 4 is 45.0 Å². The Kier molecular flexibility index (Phi) is 8.81. The third-order valence-corrected chi connectivity index (χ3v) is 6.40. The van der Waals surface area contributed by atoms with E-state index in [4.69, 9.17) is 14.5 Å². The third-order valence-electron chi connectivity index (χ3n) is 5.34. The van der Waals surface area contributed by atoms with Crippen LogP contribution in [-0.2, 0) is 16.0 Å². The second kappa shape index (κ2) is 11.6. The van der Waals surface area contributed by atoms with E-state index in [9.17, 15) is 9.18 Å². The Balaban J connectivity index is 0.00000289. The monoisotopic (exact) mass is 479 g/mol. The lowest BCUT2D eigenvalue weighted by Gasteiger charge is -2.27. The van der Waals surface area contributed by atoms with Gasteiger partial charge >= 0.3 is 0 Å². The van der Waals surface area contributed by atoms with Gasteiger partial charge in [-0.05, 0) is 36.2 Å². The lowest BCUT2D eigenvalue weighted by atomic mass is 10.1. The summed E-state index contributed by atoms with van der Waals surface area (Å²) in [6.45, 7) is 4.84. The highest BCUT2D eigenvalue weighted by Gasteiger charge is 2.21. The molecule has 172 valence electrons. The maximum absolute atomic E-state index is 13.2. The SMILES string of the molecule is COc1ccc2sc(N(CCCN3CCOCC3)C(=O)Cc3ccc(F)cc3)nc2c1.Cl. The standard InChI is InChI=1S/C23H26FN3O3S.ClH/c1-29-19-7-8-21-20(16-19)25-23(31-21)27(10-2-9-26-11-13-30-14-12-26)22(28)15-17-3-5-18(24)6-4-17;/h3-8,16H,2,9-15H2,1H3;1H. The number of aromatic nitrogens is 1. The number of carbonyl (C=O) groups excluding carboxylic acids is 1. The first-order chi connectivity index (χ1) is 15.1. The fraction of sp³-hybridized carbons (Fsp3) is 0.391. The number of hydrogen-bond acceptors (Lipinski definition) is 6. The molecule has 2 heterocycles. The minimum absolute atomic E-state index is 0. The number of fused-ring (bicyclic) bond motifs is 1. The van der Waals surface area contributed by atoms with Gasteiger partial charge in [0.1, 0.15) is 11.6 Å². The van der Waals surface area contributed by atoms with Crippen molar-refractivity contribution in [2.45, 2.75) is 12.8 Å². The van der Waals surface area contributed by atoms with E-state index in [0.717, 1.165) is 60.8 Å². The van der Waals surface area contributed by atoms with Gasteiger partial charge in [0.15, 0.2) is 5.13 Å². The lowest BCUT2D eigenvalue weighted by molar-refractivity contribution is -0.118. The number of anilines is 1. The largest absolute Gasteiger partial charge is 0.497 e. The summed E-state index contributed by atoms with van der Waals surface area (Å²) in [5.41, 5.74) is 1.60. The lowest BCUT2D eigenvalue weighted by Crippen LogP contribution is -2.39. The number of morpholine rings is 1. The van der Waals surface area contributed by atoms with E-state index >= 15 is 0 Å². The highest BCUT2D eigenvalue weighted by Crippen LogP contribution is 2.31. The van der Waals surface area contributed by atoms with Crippen LogP contribution >= 0.6 is 23.7 Å². The summed E-state index contributed by atoms with van der Waals surface area (Å²) in [6, 6.07) is 11.8. The van der Waals surface area contributed by atoms with Gasteiger partial charge in [-0.15, -0.1) is 12.4 Å². The molecule has 6 nitrogen and oxygen atoms in total. The van der Waals surface area contributed by atoms with Crippen molar-refractivity contribution in [3.8, 4) is 5.75 Å². The van der Waals surface area contributed by atoms with Crippen molar-refractivity contribution in [2.75, 3.05) is 51.4 Å². The van der Waals surface area contributed by atoms with Crippen LogP contribution in [0.3, 0.4) is 0 Å². The summed E-state index contributed by atoms with van der Waals surface area (Å²) >= 11 is 1.50. The summed E-state index contributed by atoms with van der Waals surface area (Å²) in [5.74, 6) is 0.388. The zero-order chi connectivity index (χ0) is 21.6. The predicted octanol–water partition coefficient (Wildman–Crippen LogP) is 4.16. The van der Waals surface area contributed by atoms with Crippen molar-refractivity contribution < 1.29 is 18.7 Å². The third kappa shape index (κ3) is 6.16. The number of halogens is 2. The molecule has 1 fully saturated rings. The molecule has 9 heteroatoms. The Hall–Kier alpha value is -2.26. The number of carbonyl (C=O) groups is 1. The van der Waals surface area contributed by atoms with Gasteiger partial charge in [0.2, 0.25) is 5.91 Å². The maximum Gasteiger partial charge on any atom is 0.233 e. The average Bonchev–Trinajstić information content (AvgIpc) is 3.21. The van der Waals surface area contributed by atoms with Crippen LogP contribution in [0.25, 0.3) is 10.2 Å². The van der Waals surface area contributed by atoms with E-state index in [1.165, 1.54) is 23.5 Å². The molecular formula is C23H27ClFN3O3S. The van der Waals surface area contributed by atoms with E-state index < -0.39 is 0 Å². The van der Waals surface area contributed by atoms with E-state index in [-0.39, 0.29) is 30.6 Å². The summed E-state index contributed by atoms with van der Waals surface area (Å²) < 4.78 is 25.0. The average molecular weight is 480 g/mol. The van der Waals surface area contributed by atoms with Crippen LogP contribution in [0, 0.1) is 5.82 Å². The van der Waals surface area contributed by atoms with Gasteiger partial charge < -0.3 is 9.47 Å². The number of benzene rings is 2. The van der Waals surface area contributed by atoms with Gasteiger partial charge in [0, 0.05) is 32.2 Å². The van der Waals surface area contributed by atoms with E-state index in [1.54, 1.807) is 24.1 Å². The molecule has 1 aliphatic heterocycles. The molecular weight excluding hydrogens is 453 g/mol. The minimum Gasteiger partial charge on any atom is -0.497 e. The van der Waals surface area contributed by atoms with Gasteiger partial charge in [-0.3, -0.25) is 14.6 Å². The molecule has 1 aliphatic rings. The van der Waals surface area contributed by atoms with Crippen LogP contribution in [-0.4, -0.2) is 62.3 Å². The smallest absolute Gasteiger partial charge is 0.233 e. The molecule has 0 aliphatic carbocycles. The van der Waals surface area contributed by atoms with Crippen LogP contribution in [0.5, 0.6) is 5.75 Å². The fourth-order valence-corrected chi connectivity index (χ4v) is 4.60. The number of methoxy groups -OCH3 is 1. The normalized spacial score (nSPS) is 14.2. The topological polar surface area (TPSA) is 54.9 Å². The molecule has 32 heavy (non-hydrogen) atoms. The van der Waals surface area contributed by atoms with Gasteiger partial charge in [0.25, 0.3) is 0 Å². The van der Waals surface area contributed by atoms with Crippen LogP contribution < -0.4 is 9.64 Å². The summed E-state index contributed by atoms with van der Waals surface area (Å²) in [4.78, 5) is 22.1. The molecule has 2 aromatic carbocycles. The molecule has 1 aromatic heterocycles. The molecule has 0 radical (unpaired) electrons. The highest BCUT2D eigenvalue weighted by molar-refractivity contribution is 7.22. The molecule has 0 saturated carbocycles. The molecule has 0 spiro atoms. The van der Waals surface area contributed by atoms with Crippen LogP contribution in [0.4, 0.5) is 9.52 Å². The Labute approximate surface area is 197 Å². The Morgan fingerprint density at radius 1 is 1.22 bits per heavy atom. The minimum atomic E-state index is -0.307. The van der Waals surface area contributed by atoms with Crippen molar-refractivity contribution in [1.29, 1.82) is 0 Å². The van der Waals surface area contributed by atoms with Crippen molar-refractivity contribution in [3.63, 3.8) is 0 Å². The summed E-state index contributed by atoms with van der Waals surface area (Å²) in [7, 11) is 1.62.